The third kappa shape index (κ3) is 5.58. The average Bonchev–Trinajstić information content (AvgIpc) is 3.32. The van der Waals surface area contributed by atoms with Crippen molar-refractivity contribution in [2.24, 2.45) is 0 Å². The largest absolute Gasteiger partial charge is 0.348 e. The van der Waals surface area contributed by atoms with E-state index in [1.807, 2.05) is 35.2 Å². The standard InChI is InChI=1S/C29H27N5O2/c35-27-10-4-17-34(27)20-21-11-13-22(14-12-21)26-9-2-1-6-24(26)19-32-28(36)23-7-3-8-25(18-23)33-29-30-15-5-16-31-29/h1-3,5-9,11-16,18H,4,10,17,19-20H2,(H,32,36)(H,30,31,33). The van der Waals surface area contributed by atoms with Gasteiger partial charge in [-0.05, 0) is 52.9 Å². The van der Waals surface area contributed by atoms with E-state index in [-0.39, 0.29) is 11.8 Å². The molecule has 7 heteroatoms. The lowest BCUT2D eigenvalue weighted by atomic mass is 9.98. The molecule has 7 nitrogen and oxygen atoms in total. The number of likely N-dealkylation sites (tertiary alicyclic amines) is 1. The van der Waals surface area contributed by atoms with Crippen LogP contribution in [0.25, 0.3) is 11.1 Å². The van der Waals surface area contributed by atoms with Gasteiger partial charge in [-0.25, -0.2) is 9.97 Å². The number of carbonyl (C=O) groups is 2. The van der Waals surface area contributed by atoms with Crippen LogP contribution < -0.4 is 10.6 Å². The zero-order chi connectivity index (χ0) is 24.7. The maximum Gasteiger partial charge on any atom is 0.251 e. The molecule has 1 fully saturated rings. The summed E-state index contributed by atoms with van der Waals surface area (Å²) in [6.45, 7) is 1.89. The van der Waals surface area contributed by atoms with E-state index < -0.39 is 0 Å². The van der Waals surface area contributed by atoms with Gasteiger partial charge in [-0.3, -0.25) is 9.59 Å². The van der Waals surface area contributed by atoms with Crippen LogP contribution in [0.15, 0.2) is 91.3 Å². The minimum Gasteiger partial charge on any atom is -0.348 e. The second-order valence-corrected chi connectivity index (χ2v) is 8.73. The number of rotatable bonds is 8. The molecule has 2 amide bonds. The van der Waals surface area contributed by atoms with Crippen molar-refractivity contribution in [2.75, 3.05) is 11.9 Å². The monoisotopic (exact) mass is 477 g/mol. The molecule has 0 atom stereocenters. The molecule has 0 bridgehead atoms. The Bertz CT molecular complexity index is 1360. The number of benzene rings is 3. The zero-order valence-corrected chi connectivity index (χ0v) is 19.9. The van der Waals surface area contributed by atoms with Crippen LogP contribution in [0, 0.1) is 0 Å². The van der Waals surface area contributed by atoms with Crippen molar-refractivity contribution >= 4 is 23.5 Å². The van der Waals surface area contributed by atoms with Gasteiger partial charge in [0.15, 0.2) is 0 Å². The smallest absolute Gasteiger partial charge is 0.251 e. The second kappa shape index (κ2) is 10.8. The number of hydrogen-bond donors (Lipinski definition) is 2. The van der Waals surface area contributed by atoms with Gasteiger partial charge >= 0.3 is 0 Å². The molecule has 4 aromatic rings. The molecule has 0 unspecified atom stereocenters. The Morgan fingerprint density at radius 1 is 0.917 bits per heavy atom. The molecular formula is C29H27N5O2. The lowest BCUT2D eigenvalue weighted by Crippen LogP contribution is -2.23. The SMILES string of the molecule is O=C(NCc1ccccc1-c1ccc(CN2CCCC2=O)cc1)c1cccc(Nc2ncccn2)c1. The lowest BCUT2D eigenvalue weighted by Gasteiger charge is -2.16. The van der Waals surface area contributed by atoms with Gasteiger partial charge in [0.2, 0.25) is 11.9 Å². The van der Waals surface area contributed by atoms with Crippen molar-refractivity contribution in [1.29, 1.82) is 0 Å². The Morgan fingerprint density at radius 2 is 1.72 bits per heavy atom. The number of nitrogens with one attached hydrogen (secondary N) is 2. The van der Waals surface area contributed by atoms with Crippen LogP contribution in [0.2, 0.25) is 0 Å². The van der Waals surface area contributed by atoms with Crippen molar-refractivity contribution < 1.29 is 9.59 Å². The highest BCUT2D eigenvalue weighted by molar-refractivity contribution is 5.95. The van der Waals surface area contributed by atoms with Crippen LogP contribution >= 0.6 is 0 Å². The summed E-state index contributed by atoms with van der Waals surface area (Å²) in [6.07, 6.45) is 4.91. The third-order valence-corrected chi connectivity index (χ3v) is 6.21. The summed E-state index contributed by atoms with van der Waals surface area (Å²) in [6, 6.07) is 25.4. The molecule has 1 aromatic heterocycles. The normalized spacial score (nSPS) is 13.0. The maximum absolute atomic E-state index is 12.9. The van der Waals surface area contributed by atoms with Crippen LogP contribution in [0.5, 0.6) is 0 Å². The Kier molecular flexibility index (Phi) is 6.98. The Labute approximate surface area is 210 Å². The van der Waals surface area contributed by atoms with E-state index in [0.29, 0.717) is 31.0 Å². The van der Waals surface area contributed by atoms with Crippen molar-refractivity contribution in [3.8, 4) is 11.1 Å². The first kappa shape index (κ1) is 23.2. The summed E-state index contributed by atoms with van der Waals surface area (Å²) in [5.41, 5.74) is 5.58. The minimum atomic E-state index is -0.159. The van der Waals surface area contributed by atoms with Gasteiger partial charge in [0.1, 0.15) is 0 Å². The summed E-state index contributed by atoms with van der Waals surface area (Å²) in [4.78, 5) is 35.1. The molecule has 2 N–H and O–H groups in total. The molecule has 3 aromatic carbocycles. The highest BCUT2D eigenvalue weighted by Crippen LogP contribution is 2.25. The van der Waals surface area contributed by atoms with Gasteiger partial charge in [0.05, 0.1) is 0 Å². The number of anilines is 2. The van der Waals surface area contributed by atoms with E-state index in [1.165, 1.54) is 0 Å². The van der Waals surface area contributed by atoms with E-state index in [2.05, 4.69) is 50.9 Å². The van der Waals surface area contributed by atoms with Crippen molar-refractivity contribution in [3.63, 3.8) is 0 Å². The predicted octanol–water partition coefficient (Wildman–Crippen LogP) is 4.94. The fourth-order valence-electron chi connectivity index (χ4n) is 4.35. The summed E-state index contributed by atoms with van der Waals surface area (Å²) in [5.74, 6) is 0.546. The molecule has 180 valence electrons. The van der Waals surface area contributed by atoms with Crippen LogP contribution in [-0.2, 0) is 17.9 Å². The van der Waals surface area contributed by atoms with Gasteiger partial charge in [-0.15, -0.1) is 0 Å². The summed E-state index contributed by atoms with van der Waals surface area (Å²) < 4.78 is 0. The molecule has 0 saturated carbocycles. The van der Waals surface area contributed by atoms with E-state index in [0.717, 1.165) is 40.9 Å². The topological polar surface area (TPSA) is 87.2 Å². The Morgan fingerprint density at radius 3 is 2.50 bits per heavy atom. The van der Waals surface area contributed by atoms with Gasteiger partial charge < -0.3 is 15.5 Å². The Hall–Kier alpha value is -4.52. The van der Waals surface area contributed by atoms with Gasteiger partial charge in [-0.2, -0.15) is 0 Å². The number of amides is 2. The summed E-state index contributed by atoms with van der Waals surface area (Å²) in [5, 5.41) is 6.15. The molecule has 1 aliphatic rings. The fraction of sp³-hybridized carbons (Fsp3) is 0.172. The van der Waals surface area contributed by atoms with E-state index in [4.69, 9.17) is 0 Å². The quantitative estimate of drug-likeness (QED) is 0.375. The lowest BCUT2D eigenvalue weighted by molar-refractivity contribution is -0.128. The maximum atomic E-state index is 12.9. The van der Waals surface area contributed by atoms with Crippen molar-refractivity contribution in [3.05, 3.63) is 108 Å². The van der Waals surface area contributed by atoms with E-state index in [1.54, 1.807) is 30.6 Å². The predicted molar refractivity (Wildman–Crippen MR) is 139 cm³/mol. The number of aromatic nitrogens is 2. The average molecular weight is 478 g/mol. The van der Waals surface area contributed by atoms with Gasteiger partial charge in [-0.1, -0.05) is 54.6 Å². The Balaban J connectivity index is 1.25. The highest BCUT2D eigenvalue weighted by Gasteiger charge is 2.20. The minimum absolute atomic E-state index is 0.159. The van der Waals surface area contributed by atoms with Gasteiger partial charge in [0, 0.05) is 49.7 Å². The molecule has 0 spiro atoms. The first-order valence-corrected chi connectivity index (χ1v) is 12.0. The molecule has 0 radical (unpaired) electrons. The highest BCUT2D eigenvalue weighted by atomic mass is 16.2. The van der Waals surface area contributed by atoms with Crippen LogP contribution in [-0.4, -0.2) is 33.2 Å². The van der Waals surface area contributed by atoms with Crippen molar-refractivity contribution in [2.45, 2.75) is 25.9 Å². The number of nitrogens with zero attached hydrogens (tertiary/aromatic N) is 3. The summed E-state index contributed by atoms with van der Waals surface area (Å²) in [7, 11) is 0. The molecule has 2 heterocycles. The molecule has 36 heavy (non-hydrogen) atoms. The number of hydrogen-bond acceptors (Lipinski definition) is 5. The van der Waals surface area contributed by atoms with E-state index in [9.17, 15) is 9.59 Å². The van der Waals surface area contributed by atoms with Crippen LogP contribution in [0.3, 0.4) is 0 Å². The van der Waals surface area contributed by atoms with E-state index >= 15 is 0 Å². The third-order valence-electron chi connectivity index (χ3n) is 6.21. The second-order valence-electron chi connectivity index (χ2n) is 8.73. The molecular weight excluding hydrogens is 450 g/mol. The first-order valence-electron chi connectivity index (χ1n) is 12.0. The van der Waals surface area contributed by atoms with Crippen LogP contribution in [0.4, 0.5) is 11.6 Å². The molecule has 0 aliphatic carbocycles. The van der Waals surface area contributed by atoms with Crippen molar-refractivity contribution in [1.82, 2.24) is 20.2 Å². The molecule has 1 saturated heterocycles. The summed E-state index contributed by atoms with van der Waals surface area (Å²) >= 11 is 0. The number of carbonyl (C=O) groups excluding carboxylic acids is 2. The molecule has 1 aliphatic heterocycles. The van der Waals surface area contributed by atoms with Gasteiger partial charge in [0.25, 0.3) is 5.91 Å². The first-order chi connectivity index (χ1) is 17.7. The molecule has 5 rings (SSSR count). The fourth-order valence-corrected chi connectivity index (χ4v) is 4.35. The zero-order valence-electron chi connectivity index (χ0n) is 19.9. The van der Waals surface area contributed by atoms with Crippen LogP contribution in [0.1, 0.15) is 34.3 Å².